The van der Waals surface area contributed by atoms with Gasteiger partial charge in [-0.2, -0.15) is 23.4 Å². The average Bonchev–Trinajstić information content (AvgIpc) is 3.32. The molecule has 13 heteroatoms. The lowest BCUT2D eigenvalue weighted by Crippen LogP contribution is -2.50. The number of alkyl halides is 3. The maximum absolute atomic E-state index is 13.4. The Balaban J connectivity index is 1.52. The quantitative estimate of drug-likeness (QED) is 0.632. The highest BCUT2D eigenvalue weighted by Gasteiger charge is 2.33. The van der Waals surface area contributed by atoms with Crippen LogP contribution in [0.5, 0.6) is 0 Å². The smallest absolute Gasteiger partial charge is 0.356 e. The number of rotatable bonds is 5. The van der Waals surface area contributed by atoms with Crippen molar-refractivity contribution in [2.24, 2.45) is 0 Å². The van der Waals surface area contributed by atoms with E-state index in [2.05, 4.69) is 30.5 Å². The second-order valence-electron chi connectivity index (χ2n) is 6.99. The molecular formula is C19H19F3N8O2. The van der Waals surface area contributed by atoms with E-state index >= 15 is 0 Å². The lowest BCUT2D eigenvalue weighted by Gasteiger charge is -2.35. The molecule has 32 heavy (non-hydrogen) atoms. The Morgan fingerprint density at radius 1 is 1.22 bits per heavy atom. The second-order valence-corrected chi connectivity index (χ2v) is 6.99. The summed E-state index contributed by atoms with van der Waals surface area (Å²) >= 11 is 0. The van der Waals surface area contributed by atoms with Crippen LogP contribution in [0.15, 0.2) is 36.9 Å². The van der Waals surface area contributed by atoms with E-state index in [1.165, 1.54) is 22.1 Å². The van der Waals surface area contributed by atoms with E-state index in [1.54, 1.807) is 19.1 Å². The Labute approximate surface area is 180 Å². The molecule has 1 saturated heterocycles. The summed E-state index contributed by atoms with van der Waals surface area (Å²) in [6.45, 7) is 2.70. The molecule has 1 unspecified atom stereocenters. The van der Waals surface area contributed by atoms with Gasteiger partial charge in [0.1, 0.15) is 11.9 Å². The number of pyridine rings is 1. The van der Waals surface area contributed by atoms with Crippen LogP contribution >= 0.6 is 0 Å². The highest BCUT2D eigenvalue weighted by atomic mass is 19.4. The molecule has 0 aromatic carbocycles. The van der Waals surface area contributed by atoms with Crippen molar-refractivity contribution in [1.29, 1.82) is 0 Å². The fourth-order valence-corrected chi connectivity index (χ4v) is 3.18. The van der Waals surface area contributed by atoms with Gasteiger partial charge in [-0.05, 0) is 25.5 Å². The summed E-state index contributed by atoms with van der Waals surface area (Å²) in [4.78, 5) is 28.0. The first kappa shape index (κ1) is 21.6. The van der Waals surface area contributed by atoms with Gasteiger partial charge < -0.3 is 15.0 Å². The Morgan fingerprint density at radius 2 is 1.94 bits per heavy atom. The number of halogens is 3. The number of carbonyl (C=O) groups excluding carboxylic acids is 1. The van der Waals surface area contributed by atoms with Crippen molar-refractivity contribution in [3.63, 3.8) is 0 Å². The highest BCUT2D eigenvalue weighted by molar-refractivity contribution is 5.96. The Bertz CT molecular complexity index is 1070. The molecule has 10 nitrogen and oxygen atoms in total. The van der Waals surface area contributed by atoms with E-state index in [1.807, 2.05) is 0 Å². The summed E-state index contributed by atoms with van der Waals surface area (Å²) in [6, 6.07) is 3.47. The van der Waals surface area contributed by atoms with Crippen molar-refractivity contribution in [3.05, 3.63) is 53.9 Å². The molecule has 0 radical (unpaired) electrons. The van der Waals surface area contributed by atoms with Crippen LogP contribution in [-0.2, 0) is 10.9 Å². The lowest BCUT2D eigenvalue weighted by molar-refractivity contribution is -0.138. The zero-order valence-electron chi connectivity index (χ0n) is 17.0. The summed E-state index contributed by atoms with van der Waals surface area (Å²) < 4.78 is 43.8. The Morgan fingerprint density at radius 3 is 2.62 bits per heavy atom. The van der Waals surface area contributed by atoms with Crippen molar-refractivity contribution >= 4 is 11.9 Å². The average molecular weight is 448 g/mol. The molecule has 1 fully saturated rings. The van der Waals surface area contributed by atoms with Gasteiger partial charge in [0.15, 0.2) is 5.69 Å². The van der Waals surface area contributed by atoms with Crippen LogP contribution in [0.25, 0.3) is 5.69 Å². The molecule has 1 atom stereocenters. The first-order valence-electron chi connectivity index (χ1n) is 9.73. The summed E-state index contributed by atoms with van der Waals surface area (Å²) in [7, 11) is 0. The number of nitrogens with one attached hydrogen (secondary N) is 1. The third-order valence-electron chi connectivity index (χ3n) is 4.73. The summed E-state index contributed by atoms with van der Waals surface area (Å²) in [5, 5.41) is 11.0. The topological polar surface area (TPSA) is 111 Å². The van der Waals surface area contributed by atoms with E-state index in [4.69, 9.17) is 4.74 Å². The number of amides is 1. The first-order valence-corrected chi connectivity index (χ1v) is 9.73. The standard InChI is InChI=1S/C19H19F3N8O2/c1-12-3-4-14(30-26-5-6-27-30)16(28-12)17(31)29-7-2-8-32-15(29)11-25-18-23-9-13(10-24-18)19(20,21)22/h3-6,9-10,15H,2,7-8,11H2,1H3,(H,23,24,25). The summed E-state index contributed by atoms with van der Waals surface area (Å²) in [6.07, 6.45) is -0.205. The number of aryl methyl sites for hydroxylation is 1. The maximum Gasteiger partial charge on any atom is 0.419 e. The molecular weight excluding hydrogens is 429 g/mol. The number of carbonyl (C=O) groups is 1. The molecule has 0 aliphatic carbocycles. The van der Waals surface area contributed by atoms with Gasteiger partial charge >= 0.3 is 6.18 Å². The number of hydrogen-bond donors (Lipinski definition) is 1. The fraction of sp³-hybridized carbons (Fsp3) is 0.368. The molecule has 4 heterocycles. The number of aromatic nitrogens is 6. The van der Waals surface area contributed by atoms with Crippen LogP contribution in [-0.4, -0.2) is 66.7 Å². The van der Waals surface area contributed by atoms with Crippen LogP contribution in [0.2, 0.25) is 0 Å². The summed E-state index contributed by atoms with van der Waals surface area (Å²) in [5.74, 6) is -0.379. The number of nitrogens with zero attached hydrogens (tertiary/aromatic N) is 7. The Hall–Kier alpha value is -3.61. The van der Waals surface area contributed by atoms with Gasteiger partial charge in [0.25, 0.3) is 5.91 Å². The SMILES string of the molecule is Cc1ccc(-n2nccn2)c(C(=O)N2CCCOC2CNc2ncc(C(F)(F)F)cn2)n1. The molecule has 1 aliphatic heterocycles. The van der Waals surface area contributed by atoms with Gasteiger partial charge in [-0.15, -0.1) is 4.80 Å². The minimum absolute atomic E-state index is 0.00492. The predicted molar refractivity (Wildman–Crippen MR) is 105 cm³/mol. The van der Waals surface area contributed by atoms with Crippen molar-refractivity contribution in [2.75, 3.05) is 25.0 Å². The largest absolute Gasteiger partial charge is 0.419 e. The Kier molecular flexibility index (Phi) is 5.99. The van der Waals surface area contributed by atoms with Gasteiger partial charge in [-0.3, -0.25) is 4.79 Å². The van der Waals surface area contributed by atoms with E-state index in [9.17, 15) is 18.0 Å². The lowest BCUT2D eigenvalue weighted by atomic mass is 10.2. The summed E-state index contributed by atoms with van der Waals surface area (Å²) in [5.41, 5.74) is 0.297. The maximum atomic E-state index is 13.4. The van der Waals surface area contributed by atoms with Crippen molar-refractivity contribution in [1.82, 2.24) is 34.8 Å². The van der Waals surface area contributed by atoms with E-state index in [0.29, 0.717) is 43.3 Å². The number of anilines is 1. The minimum Gasteiger partial charge on any atom is -0.356 e. The highest BCUT2D eigenvalue weighted by Crippen LogP contribution is 2.28. The third-order valence-corrected chi connectivity index (χ3v) is 4.73. The van der Waals surface area contributed by atoms with Gasteiger partial charge in [-0.25, -0.2) is 15.0 Å². The van der Waals surface area contributed by atoms with Crippen LogP contribution in [0.3, 0.4) is 0 Å². The van der Waals surface area contributed by atoms with Crippen molar-refractivity contribution in [2.45, 2.75) is 25.7 Å². The molecule has 1 amide bonds. The van der Waals surface area contributed by atoms with E-state index in [-0.39, 0.29) is 24.1 Å². The van der Waals surface area contributed by atoms with Crippen molar-refractivity contribution < 1.29 is 22.7 Å². The molecule has 4 rings (SSSR count). The van der Waals surface area contributed by atoms with Crippen LogP contribution in [0.1, 0.15) is 28.2 Å². The zero-order valence-corrected chi connectivity index (χ0v) is 17.0. The molecule has 1 N–H and O–H groups in total. The van der Waals surface area contributed by atoms with Crippen LogP contribution in [0, 0.1) is 6.92 Å². The molecule has 3 aromatic heterocycles. The first-order chi connectivity index (χ1) is 15.3. The van der Waals surface area contributed by atoms with E-state index < -0.39 is 18.0 Å². The third kappa shape index (κ3) is 4.66. The van der Waals surface area contributed by atoms with Gasteiger partial charge in [0, 0.05) is 24.6 Å². The van der Waals surface area contributed by atoms with Gasteiger partial charge in [0.05, 0.1) is 31.1 Å². The van der Waals surface area contributed by atoms with E-state index in [0.717, 1.165) is 0 Å². The second kappa shape index (κ2) is 8.86. The molecule has 0 spiro atoms. The van der Waals surface area contributed by atoms with Gasteiger partial charge in [-0.1, -0.05) is 0 Å². The van der Waals surface area contributed by atoms with Crippen LogP contribution < -0.4 is 5.32 Å². The molecule has 1 aliphatic rings. The predicted octanol–water partition coefficient (Wildman–Crippen LogP) is 2.08. The molecule has 3 aromatic rings. The fourth-order valence-electron chi connectivity index (χ4n) is 3.18. The molecule has 168 valence electrons. The normalized spacial score (nSPS) is 16.8. The number of hydrogen-bond acceptors (Lipinski definition) is 8. The number of ether oxygens (including phenoxy) is 1. The minimum atomic E-state index is -4.52. The van der Waals surface area contributed by atoms with Crippen LogP contribution in [0.4, 0.5) is 19.1 Å². The monoisotopic (exact) mass is 448 g/mol. The van der Waals surface area contributed by atoms with Gasteiger partial charge in [0.2, 0.25) is 5.95 Å². The molecule has 0 bridgehead atoms. The van der Waals surface area contributed by atoms with Crippen molar-refractivity contribution in [3.8, 4) is 5.69 Å². The molecule has 0 saturated carbocycles. The zero-order chi connectivity index (χ0) is 22.7.